The smallest absolute Gasteiger partial charge is 0.178 e. The zero-order valence-corrected chi connectivity index (χ0v) is 18.1. The second-order valence-corrected chi connectivity index (χ2v) is 11.9. The normalized spacial score (nSPS) is 25.2. The third kappa shape index (κ3) is 5.47. The molecule has 2 saturated heterocycles. The van der Waals surface area contributed by atoms with E-state index in [0.29, 0.717) is 29.9 Å². The Morgan fingerprint density at radius 1 is 1.03 bits per heavy atom. The van der Waals surface area contributed by atoms with E-state index in [1.807, 2.05) is 0 Å². The van der Waals surface area contributed by atoms with Crippen molar-refractivity contribution in [3.63, 3.8) is 0 Å². The highest BCUT2D eigenvalue weighted by Crippen LogP contribution is 2.28. The largest absolute Gasteiger partial charge is 0.493 e. The van der Waals surface area contributed by atoms with Crippen LogP contribution in [0.3, 0.4) is 0 Å². The lowest BCUT2D eigenvalue weighted by atomic mass is 10.1. The van der Waals surface area contributed by atoms with Crippen LogP contribution in [0.5, 0.6) is 11.5 Å². The van der Waals surface area contributed by atoms with Crippen LogP contribution in [-0.2, 0) is 19.7 Å². The van der Waals surface area contributed by atoms with Crippen molar-refractivity contribution < 1.29 is 31.1 Å². The summed E-state index contributed by atoms with van der Waals surface area (Å²) in [4.78, 5) is 12.9. The molecule has 0 radical (unpaired) electrons. The molecule has 3 rings (SSSR count). The fraction of sp³-hybridized carbons (Fsp3) is 0.611. The van der Waals surface area contributed by atoms with Crippen LogP contribution in [0, 0.1) is 0 Å². The first-order valence-corrected chi connectivity index (χ1v) is 13.0. The number of ketones is 1. The number of Topliss-reactive ketones (excluding diaryl/α,β-unsaturated/α-hetero) is 1. The first kappa shape index (κ1) is 22.0. The molecule has 2 aliphatic heterocycles. The molecule has 1 aromatic rings. The van der Waals surface area contributed by atoms with Crippen LogP contribution in [0.25, 0.3) is 0 Å². The zero-order valence-electron chi connectivity index (χ0n) is 16.5. The third-order valence-electron chi connectivity index (χ3n) is 5.25. The van der Waals surface area contributed by atoms with Crippen LogP contribution < -0.4 is 14.9 Å². The molecule has 0 spiro atoms. The maximum Gasteiger partial charge on any atom is 0.178 e. The van der Waals surface area contributed by atoms with Crippen LogP contribution in [0.2, 0.25) is 0 Å². The Balaban J connectivity index is 1.78. The van der Waals surface area contributed by atoms with Gasteiger partial charge in [0.2, 0.25) is 0 Å². The lowest BCUT2D eigenvalue weighted by Crippen LogP contribution is -2.53. The van der Waals surface area contributed by atoms with E-state index in [9.17, 15) is 21.6 Å². The molecular formula is C18H26N2O7S2. The molecule has 1 aromatic carbocycles. The van der Waals surface area contributed by atoms with Gasteiger partial charge in [-0.3, -0.25) is 10.2 Å². The van der Waals surface area contributed by atoms with E-state index >= 15 is 0 Å². The second kappa shape index (κ2) is 8.58. The van der Waals surface area contributed by atoms with Gasteiger partial charge in [-0.2, -0.15) is 0 Å². The summed E-state index contributed by atoms with van der Waals surface area (Å²) in [7, 11) is -3.30. The summed E-state index contributed by atoms with van der Waals surface area (Å²) in [6.07, 6.45) is 0.830. The topological polar surface area (TPSA) is 119 Å². The van der Waals surface area contributed by atoms with E-state index in [2.05, 4.69) is 5.43 Å². The van der Waals surface area contributed by atoms with Crippen molar-refractivity contribution >= 4 is 25.5 Å². The Morgan fingerprint density at radius 3 is 2.24 bits per heavy atom. The fourth-order valence-electron chi connectivity index (χ4n) is 3.69. The monoisotopic (exact) mass is 446 g/mol. The van der Waals surface area contributed by atoms with E-state index in [-0.39, 0.29) is 47.4 Å². The molecular weight excluding hydrogens is 420 g/mol. The predicted octanol–water partition coefficient (Wildman–Crippen LogP) is 0.0673. The Labute approximate surface area is 171 Å². The molecule has 2 atom stereocenters. The number of sulfone groups is 2. The Hall–Kier alpha value is -1.69. The van der Waals surface area contributed by atoms with Crippen molar-refractivity contribution in [1.82, 2.24) is 10.4 Å². The van der Waals surface area contributed by atoms with Gasteiger partial charge in [-0.05, 0) is 31.0 Å². The average molecular weight is 447 g/mol. The number of rotatable bonds is 8. The van der Waals surface area contributed by atoms with Gasteiger partial charge in [0.1, 0.15) is 0 Å². The molecule has 2 aliphatic rings. The third-order valence-corrected chi connectivity index (χ3v) is 8.77. The van der Waals surface area contributed by atoms with Gasteiger partial charge < -0.3 is 9.47 Å². The van der Waals surface area contributed by atoms with E-state index in [0.717, 1.165) is 0 Å². The maximum absolute atomic E-state index is 12.9. The molecule has 2 fully saturated rings. The number of nitrogens with zero attached hydrogens (tertiary/aromatic N) is 1. The average Bonchev–Trinajstić information content (AvgIpc) is 3.21. The number of methoxy groups -OCH3 is 2. The van der Waals surface area contributed by atoms with Crippen molar-refractivity contribution in [2.24, 2.45) is 0 Å². The van der Waals surface area contributed by atoms with Gasteiger partial charge in [0.05, 0.1) is 43.8 Å². The van der Waals surface area contributed by atoms with Crippen molar-refractivity contribution in [3.05, 3.63) is 23.8 Å². The Kier molecular flexibility index (Phi) is 6.51. The molecule has 9 nitrogen and oxygen atoms in total. The van der Waals surface area contributed by atoms with Crippen LogP contribution >= 0.6 is 0 Å². The van der Waals surface area contributed by atoms with E-state index in [1.165, 1.54) is 14.2 Å². The molecule has 0 aromatic heterocycles. The molecule has 2 heterocycles. The Bertz CT molecular complexity index is 976. The minimum atomic E-state index is -3.16. The number of hydrogen-bond acceptors (Lipinski definition) is 9. The highest BCUT2D eigenvalue weighted by molar-refractivity contribution is 7.91. The summed E-state index contributed by atoms with van der Waals surface area (Å²) in [5, 5.41) is 1.61. The number of carbonyl (C=O) groups excluding carboxylic acids is 1. The van der Waals surface area contributed by atoms with Gasteiger partial charge in [0, 0.05) is 17.6 Å². The molecule has 0 saturated carbocycles. The molecule has 0 amide bonds. The molecule has 162 valence electrons. The number of benzene rings is 1. The first-order valence-electron chi connectivity index (χ1n) is 9.31. The number of hydrazine groups is 1. The van der Waals surface area contributed by atoms with Crippen molar-refractivity contribution in [1.29, 1.82) is 0 Å². The molecule has 0 unspecified atom stereocenters. The summed E-state index contributed by atoms with van der Waals surface area (Å²) in [5.74, 6) is 0.754. The molecule has 0 bridgehead atoms. The number of carbonyl (C=O) groups is 1. The van der Waals surface area contributed by atoms with Gasteiger partial charge in [-0.15, -0.1) is 0 Å². The van der Waals surface area contributed by atoms with Gasteiger partial charge >= 0.3 is 0 Å². The van der Waals surface area contributed by atoms with Gasteiger partial charge in [-0.25, -0.2) is 21.8 Å². The minimum absolute atomic E-state index is 0.0203. The number of nitrogens with one attached hydrogen (secondary N) is 1. The number of hydrogen-bond donors (Lipinski definition) is 1. The van der Waals surface area contributed by atoms with Gasteiger partial charge in [0.15, 0.2) is 37.0 Å². The van der Waals surface area contributed by atoms with Crippen LogP contribution in [0.1, 0.15) is 23.2 Å². The van der Waals surface area contributed by atoms with Gasteiger partial charge in [-0.1, -0.05) is 0 Å². The Morgan fingerprint density at radius 2 is 1.69 bits per heavy atom. The van der Waals surface area contributed by atoms with Crippen molar-refractivity contribution in [2.75, 3.05) is 43.8 Å². The summed E-state index contributed by atoms with van der Waals surface area (Å²) in [6, 6.07) is 4.11. The summed E-state index contributed by atoms with van der Waals surface area (Å²) in [5.41, 5.74) is 3.51. The van der Waals surface area contributed by atoms with Crippen LogP contribution in [-0.4, -0.2) is 83.5 Å². The maximum atomic E-state index is 12.9. The fourth-order valence-corrected chi connectivity index (χ4v) is 7.08. The molecule has 1 N–H and O–H groups in total. The van der Waals surface area contributed by atoms with Crippen LogP contribution in [0.4, 0.5) is 0 Å². The molecule has 0 aliphatic carbocycles. The SMILES string of the molecule is COc1ccc(C(=O)CN(N[C@@H]2CCS(=O)(=O)C2)[C@H]2CCS(=O)(=O)C2)cc1OC. The van der Waals surface area contributed by atoms with Gasteiger partial charge in [0.25, 0.3) is 0 Å². The molecule has 11 heteroatoms. The molecule has 29 heavy (non-hydrogen) atoms. The van der Waals surface area contributed by atoms with Crippen LogP contribution in [0.15, 0.2) is 18.2 Å². The summed E-state index contributed by atoms with van der Waals surface area (Å²) >= 11 is 0. The van der Waals surface area contributed by atoms with E-state index < -0.39 is 19.7 Å². The minimum Gasteiger partial charge on any atom is -0.493 e. The lowest BCUT2D eigenvalue weighted by molar-refractivity contribution is 0.0768. The van der Waals surface area contributed by atoms with Crippen molar-refractivity contribution in [3.8, 4) is 11.5 Å². The predicted molar refractivity (Wildman–Crippen MR) is 108 cm³/mol. The van der Waals surface area contributed by atoms with Crippen molar-refractivity contribution in [2.45, 2.75) is 24.9 Å². The second-order valence-electron chi connectivity index (χ2n) is 7.41. The van der Waals surface area contributed by atoms with E-state index in [4.69, 9.17) is 9.47 Å². The highest BCUT2D eigenvalue weighted by atomic mass is 32.2. The van der Waals surface area contributed by atoms with E-state index in [1.54, 1.807) is 23.2 Å². The summed E-state index contributed by atoms with van der Waals surface area (Å²) in [6.45, 7) is -0.0772. The lowest BCUT2D eigenvalue weighted by Gasteiger charge is -2.30. The standard InChI is InChI=1S/C18H26N2O7S2/c1-26-17-4-3-13(9-18(17)27-2)16(21)10-20(15-6-8-29(24,25)12-15)19-14-5-7-28(22,23)11-14/h3-4,9,14-15,19H,5-8,10-12H2,1-2H3/t14-,15+/m1/s1. The highest BCUT2D eigenvalue weighted by Gasteiger charge is 2.36. The quantitative estimate of drug-likeness (QED) is 0.437. The zero-order chi connectivity index (χ0) is 21.2. The summed E-state index contributed by atoms with van der Waals surface area (Å²) < 4.78 is 57.8. The first-order chi connectivity index (χ1) is 13.6. The number of ether oxygens (including phenoxy) is 2.